The highest BCUT2D eigenvalue weighted by atomic mass is 35.5. The van der Waals surface area contributed by atoms with Gasteiger partial charge in [-0.3, -0.25) is 9.78 Å². The summed E-state index contributed by atoms with van der Waals surface area (Å²) < 4.78 is 1.79. The van der Waals surface area contributed by atoms with Crippen molar-refractivity contribution >= 4 is 22.5 Å². The fourth-order valence-corrected chi connectivity index (χ4v) is 4.23. The summed E-state index contributed by atoms with van der Waals surface area (Å²) in [5.41, 5.74) is 2.41. The third-order valence-corrected chi connectivity index (χ3v) is 5.93. The van der Waals surface area contributed by atoms with E-state index in [-0.39, 0.29) is 5.56 Å². The lowest BCUT2D eigenvalue weighted by Gasteiger charge is -2.30. The van der Waals surface area contributed by atoms with Gasteiger partial charge in [-0.15, -0.1) is 0 Å². The Kier molecular flexibility index (Phi) is 4.89. The molecule has 158 valence electrons. The zero-order valence-electron chi connectivity index (χ0n) is 17.2. The minimum atomic E-state index is -1.49. The third-order valence-electron chi connectivity index (χ3n) is 5.68. The van der Waals surface area contributed by atoms with Crippen LogP contribution in [0, 0.1) is 0 Å². The fraction of sp³-hybridized carbons (Fsp3) is 0.0800. The fourth-order valence-electron chi connectivity index (χ4n) is 4.10. The van der Waals surface area contributed by atoms with Crippen LogP contribution in [-0.4, -0.2) is 24.6 Å². The van der Waals surface area contributed by atoms with Gasteiger partial charge in [0.1, 0.15) is 0 Å². The van der Waals surface area contributed by atoms with E-state index in [1.54, 1.807) is 59.8 Å². The molecule has 0 bridgehead atoms. The predicted octanol–water partition coefficient (Wildman–Crippen LogP) is 4.26. The molecule has 0 saturated heterocycles. The predicted molar refractivity (Wildman–Crippen MR) is 125 cm³/mol. The normalized spacial score (nSPS) is 13.2. The molecule has 2 aromatic carbocycles. The summed E-state index contributed by atoms with van der Waals surface area (Å²) in [5.74, 6) is 0. The van der Waals surface area contributed by atoms with Crippen molar-refractivity contribution in [3.8, 4) is 11.1 Å². The van der Waals surface area contributed by atoms with Gasteiger partial charge >= 0.3 is 0 Å². The molecular weight excluding hydrogens is 424 g/mol. The number of H-pyrrole nitrogens is 1. The van der Waals surface area contributed by atoms with Gasteiger partial charge in [0.15, 0.2) is 5.60 Å². The maximum Gasteiger partial charge on any atom is 0.249 e. The zero-order valence-corrected chi connectivity index (χ0v) is 17.9. The number of aromatic nitrogens is 4. The molecule has 3 heterocycles. The minimum absolute atomic E-state index is 0.205. The first-order valence-corrected chi connectivity index (χ1v) is 10.4. The van der Waals surface area contributed by atoms with Gasteiger partial charge in [-0.1, -0.05) is 35.9 Å². The number of aryl methyl sites for hydroxylation is 1. The molecule has 0 aliphatic carbocycles. The molecule has 0 saturated carbocycles. The Morgan fingerprint density at radius 1 is 1.00 bits per heavy atom. The average Bonchev–Trinajstić information content (AvgIpc) is 3.25. The number of aliphatic hydroxyl groups is 1. The number of fused-ring (bicyclic) bond motifs is 1. The van der Waals surface area contributed by atoms with Crippen molar-refractivity contribution in [2.75, 3.05) is 0 Å². The second kappa shape index (κ2) is 7.75. The molecule has 1 unspecified atom stereocenters. The molecule has 6 nitrogen and oxygen atoms in total. The number of nitrogens with one attached hydrogen (secondary N) is 1. The monoisotopic (exact) mass is 442 g/mol. The van der Waals surface area contributed by atoms with Crippen LogP contribution in [0.1, 0.15) is 16.8 Å². The van der Waals surface area contributed by atoms with E-state index in [0.29, 0.717) is 27.4 Å². The smallest absolute Gasteiger partial charge is 0.249 e. The van der Waals surface area contributed by atoms with Crippen molar-refractivity contribution < 1.29 is 5.11 Å². The molecule has 0 spiro atoms. The Morgan fingerprint density at radius 2 is 1.78 bits per heavy atom. The van der Waals surface area contributed by atoms with Gasteiger partial charge in [-0.25, -0.2) is 4.98 Å². The summed E-state index contributed by atoms with van der Waals surface area (Å²) in [5, 5.41) is 13.5. The van der Waals surface area contributed by atoms with Crippen LogP contribution in [0.4, 0.5) is 0 Å². The highest BCUT2D eigenvalue weighted by Gasteiger charge is 2.36. The van der Waals surface area contributed by atoms with E-state index in [4.69, 9.17) is 11.6 Å². The van der Waals surface area contributed by atoms with Crippen LogP contribution in [0.2, 0.25) is 5.02 Å². The molecule has 7 heteroatoms. The number of imidazole rings is 1. The first-order chi connectivity index (χ1) is 15.5. The van der Waals surface area contributed by atoms with Gasteiger partial charge in [-0.2, -0.15) is 0 Å². The van der Waals surface area contributed by atoms with Crippen LogP contribution in [0.5, 0.6) is 0 Å². The standard InChI is InChI=1S/C25H19ClN4O2/c1-30-15-28-14-23(30)25(32,17-4-7-19(26)8-5-17)18-6-9-22-21(11-18)20(12-24(31)29-22)16-3-2-10-27-13-16/h2-15,32H,1H3,(H,29,31). The Bertz CT molecular complexity index is 1480. The number of nitrogens with zero attached hydrogens (tertiary/aromatic N) is 3. The van der Waals surface area contributed by atoms with Crippen LogP contribution < -0.4 is 5.56 Å². The molecular formula is C25H19ClN4O2. The van der Waals surface area contributed by atoms with Crippen molar-refractivity contribution in [1.29, 1.82) is 0 Å². The Hall–Kier alpha value is -3.74. The lowest BCUT2D eigenvalue weighted by molar-refractivity contribution is 0.117. The van der Waals surface area contributed by atoms with Gasteiger partial charge < -0.3 is 14.7 Å². The van der Waals surface area contributed by atoms with E-state index in [2.05, 4.69) is 15.0 Å². The molecule has 0 amide bonds. The van der Waals surface area contributed by atoms with Crippen LogP contribution in [0.15, 0.2) is 90.4 Å². The van der Waals surface area contributed by atoms with Crippen LogP contribution >= 0.6 is 11.6 Å². The van der Waals surface area contributed by atoms with Gasteiger partial charge in [0.25, 0.3) is 0 Å². The SMILES string of the molecule is Cn1cncc1C(O)(c1ccc(Cl)cc1)c1ccc2[nH]c(=O)cc(-c3cccnc3)c2c1. The Morgan fingerprint density at radius 3 is 2.47 bits per heavy atom. The number of aromatic amines is 1. The van der Waals surface area contributed by atoms with E-state index in [1.165, 1.54) is 0 Å². The molecule has 0 aliphatic heterocycles. The number of rotatable bonds is 4. The summed E-state index contributed by atoms with van der Waals surface area (Å²) in [4.78, 5) is 23.6. The second-order valence-corrected chi connectivity index (χ2v) is 8.09. The second-order valence-electron chi connectivity index (χ2n) is 7.66. The summed E-state index contributed by atoms with van der Waals surface area (Å²) in [6.45, 7) is 0. The van der Waals surface area contributed by atoms with Gasteiger partial charge in [0.05, 0.1) is 18.2 Å². The van der Waals surface area contributed by atoms with E-state index < -0.39 is 5.60 Å². The molecule has 0 radical (unpaired) electrons. The minimum Gasteiger partial charge on any atom is -0.374 e. The van der Waals surface area contributed by atoms with Crippen molar-refractivity contribution in [1.82, 2.24) is 19.5 Å². The van der Waals surface area contributed by atoms with Gasteiger partial charge in [-0.05, 0) is 47.0 Å². The van der Waals surface area contributed by atoms with Crippen LogP contribution in [0.3, 0.4) is 0 Å². The number of pyridine rings is 2. The quantitative estimate of drug-likeness (QED) is 0.435. The Balaban J connectivity index is 1.81. The average molecular weight is 443 g/mol. The molecule has 0 aliphatic rings. The van der Waals surface area contributed by atoms with E-state index >= 15 is 0 Å². The highest BCUT2D eigenvalue weighted by Crippen LogP contribution is 2.39. The molecule has 5 rings (SSSR count). The van der Waals surface area contributed by atoms with E-state index in [1.807, 2.05) is 37.4 Å². The molecule has 5 aromatic rings. The first-order valence-electron chi connectivity index (χ1n) is 10.00. The van der Waals surface area contributed by atoms with Crippen molar-refractivity contribution in [2.45, 2.75) is 5.60 Å². The number of benzene rings is 2. The van der Waals surface area contributed by atoms with E-state index in [9.17, 15) is 9.90 Å². The maximum atomic E-state index is 12.3. The number of hydrogen-bond acceptors (Lipinski definition) is 4. The van der Waals surface area contributed by atoms with Crippen molar-refractivity contribution in [2.24, 2.45) is 7.05 Å². The molecule has 2 N–H and O–H groups in total. The lowest BCUT2D eigenvalue weighted by Crippen LogP contribution is -2.31. The molecule has 32 heavy (non-hydrogen) atoms. The molecule has 0 fully saturated rings. The maximum absolute atomic E-state index is 12.3. The zero-order chi connectivity index (χ0) is 22.3. The largest absolute Gasteiger partial charge is 0.374 e. The number of halogens is 1. The van der Waals surface area contributed by atoms with Crippen LogP contribution in [0.25, 0.3) is 22.0 Å². The third kappa shape index (κ3) is 3.30. The van der Waals surface area contributed by atoms with Crippen molar-refractivity contribution in [3.05, 3.63) is 118 Å². The molecule has 1 atom stereocenters. The van der Waals surface area contributed by atoms with Gasteiger partial charge in [0, 0.05) is 47.0 Å². The highest BCUT2D eigenvalue weighted by molar-refractivity contribution is 6.30. The van der Waals surface area contributed by atoms with Crippen LogP contribution in [-0.2, 0) is 12.6 Å². The summed E-state index contributed by atoms with van der Waals surface area (Å²) in [6.07, 6.45) is 6.70. The summed E-state index contributed by atoms with van der Waals surface area (Å²) in [6, 6.07) is 17.9. The lowest BCUT2D eigenvalue weighted by atomic mass is 9.82. The molecule has 3 aromatic heterocycles. The van der Waals surface area contributed by atoms with Crippen molar-refractivity contribution in [3.63, 3.8) is 0 Å². The summed E-state index contributed by atoms with van der Waals surface area (Å²) >= 11 is 6.11. The number of hydrogen-bond donors (Lipinski definition) is 2. The van der Waals surface area contributed by atoms with Gasteiger partial charge in [0.2, 0.25) is 5.56 Å². The van der Waals surface area contributed by atoms with E-state index in [0.717, 1.165) is 16.5 Å². The topological polar surface area (TPSA) is 83.8 Å². The summed E-state index contributed by atoms with van der Waals surface area (Å²) in [7, 11) is 1.84. The first kappa shape index (κ1) is 20.2. The Labute approximate surface area is 188 Å².